The highest BCUT2D eigenvalue weighted by Crippen LogP contribution is 2.28. The third-order valence-corrected chi connectivity index (χ3v) is 2.74. The van der Waals surface area contributed by atoms with Gasteiger partial charge in [0.25, 0.3) is 0 Å². The number of ether oxygens (including phenoxy) is 1. The second kappa shape index (κ2) is 3.62. The summed E-state index contributed by atoms with van der Waals surface area (Å²) in [5.74, 6) is -0.234. The normalized spacial score (nSPS) is 28.9. The van der Waals surface area contributed by atoms with E-state index in [1.807, 2.05) is 0 Å². The molecule has 1 saturated heterocycles. The van der Waals surface area contributed by atoms with Gasteiger partial charge in [-0.2, -0.15) is 4.98 Å². The number of aromatic nitrogens is 4. The molecular formula is C9H10N4O4. The molecule has 0 saturated carbocycles. The minimum absolute atomic E-state index is 0.0442. The van der Waals surface area contributed by atoms with E-state index in [2.05, 4.69) is 15.0 Å². The molecule has 2 aromatic rings. The fourth-order valence-electron chi connectivity index (χ4n) is 1.86. The van der Waals surface area contributed by atoms with Gasteiger partial charge in [0.05, 0.1) is 12.9 Å². The van der Waals surface area contributed by atoms with Crippen LogP contribution in [-0.2, 0) is 4.74 Å². The van der Waals surface area contributed by atoms with E-state index < -0.39 is 18.4 Å². The van der Waals surface area contributed by atoms with Crippen LogP contribution in [-0.4, -0.2) is 53.7 Å². The predicted molar refractivity (Wildman–Crippen MR) is 54.0 cm³/mol. The zero-order valence-corrected chi connectivity index (χ0v) is 8.63. The van der Waals surface area contributed by atoms with Gasteiger partial charge in [0.2, 0.25) is 5.88 Å². The second-order valence-corrected chi connectivity index (χ2v) is 3.80. The lowest BCUT2D eigenvalue weighted by atomic mass is 10.2. The van der Waals surface area contributed by atoms with Gasteiger partial charge in [-0.15, -0.1) is 0 Å². The summed E-state index contributed by atoms with van der Waals surface area (Å²) in [4.78, 5) is 11.5. The van der Waals surface area contributed by atoms with Crippen LogP contribution in [0.25, 0.3) is 11.2 Å². The molecule has 8 nitrogen and oxygen atoms in total. The minimum Gasteiger partial charge on any atom is -0.492 e. The van der Waals surface area contributed by atoms with Crippen LogP contribution in [0.4, 0.5) is 0 Å². The Labute approximate surface area is 95.1 Å². The van der Waals surface area contributed by atoms with Crippen LogP contribution in [0.2, 0.25) is 0 Å². The monoisotopic (exact) mass is 238 g/mol. The summed E-state index contributed by atoms with van der Waals surface area (Å²) in [5.41, 5.74) is 0.570. The molecule has 90 valence electrons. The molecule has 2 aromatic heterocycles. The highest BCUT2D eigenvalue weighted by molar-refractivity contribution is 5.75. The van der Waals surface area contributed by atoms with Gasteiger partial charge in [0, 0.05) is 0 Å². The van der Waals surface area contributed by atoms with Crippen LogP contribution in [0, 0.1) is 0 Å². The van der Waals surface area contributed by atoms with Gasteiger partial charge in [-0.25, -0.2) is 9.97 Å². The van der Waals surface area contributed by atoms with Gasteiger partial charge in [0.15, 0.2) is 17.4 Å². The topological polar surface area (TPSA) is 114 Å². The van der Waals surface area contributed by atoms with Crippen molar-refractivity contribution >= 4 is 11.2 Å². The molecular weight excluding hydrogens is 228 g/mol. The van der Waals surface area contributed by atoms with Crippen molar-refractivity contribution in [1.29, 1.82) is 0 Å². The Kier molecular flexibility index (Phi) is 2.21. The molecule has 3 rings (SSSR count). The minimum atomic E-state index is -1.05. The zero-order chi connectivity index (χ0) is 12.0. The molecule has 3 atom stereocenters. The number of hydrogen-bond acceptors (Lipinski definition) is 7. The first-order valence-electron chi connectivity index (χ1n) is 5.02. The van der Waals surface area contributed by atoms with Crippen LogP contribution < -0.4 is 0 Å². The quantitative estimate of drug-likeness (QED) is 0.570. The Morgan fingerprint density at radius 1 is 1.29 bits per heavy atom. The fourth-order valence-corrected chi connectivity index (χ4v) is 1.86. The van der Waals surface area contributed by atoms with Gasteiger partial charge in [-0.1, -0.05) is 0 Å². The van der Waals surface area contributed by atoms with Gasteiger partial charge < -0.3 is 20.1 Å². The number of imidazole rings is 1. The summed E-state index contributed by atoms with van der Waals surface area (Å²) < 4.78 is 6.71. The van der Waals surface area contributed by atoms with Crippen molar-refractivity contribution in [1.82, 2.24) is 19.5 Å². The van der Waals surface area contributed by atoms with E-state index in [0.717, 1.165) is 0 Å². The summed E-state index contributed by atoms with van der Waals surface area (Å²) in [6, 6.07) is 0. The Morgan fingerprint density at radius 3 is 2.82 bits per heavy atom. The summed E-state index contributed by atoms with van der Waals surface area (Å²) in [6.07, 6.45) is -0.180. The van der Waals surface area contributed by atoms with Gasteiger partial charge in [-0.3, -0.25) is 4.57 Å². The first kappa shape index (κ1) is 10.4. The maximum Gasteiger partial charge on any atom is 0.242 e. The van der Waals surface area contributed by atoms with Crippen molar-refractivity contribution in [2.24, 2.45) is 0 Å². The van der Waals surface area contributed by atoms with Crippen molar-refractivity contribution < 1.29 is 20.1 Å². The zero-order valence-electron chi connectivity index (χ0n) is 8.63. The summed E-state index contributed by atoms with van der Waals surface area (Å²) >= 11 is 0. The molecule has 3 heterocycles. The molecule has 1 aliphatic rings. The lowest BCUT2D eigenvalue weighted by molar-refractivity contribution is -0.0162. The van der Waals surface area contributed by atoms with Crippen molar-refractivity contribution in [3.8, 4) is 5.88 Å². The molecule has 0 unspecified atom stereocenters. The number of hydrogen-bond donors (Lipinski definition) is 3. The smallest absolute Gasteiger partial charge is 0.242 e. The molecule has 0 amide bonds. The number of fused-ring (bicyclic) bond motifs is 1. The molecule has 1 fully saturated rings. The standard InChI is InChI=1S/C9H10N4O4/c14-4-1-17-9(6(4)15)13-3-12-5-7(13)10-2-11-8(5)16/h2-4,6,9,14-15H,1H2,(H,10,11,16)/t4-,6+,9+/m0/s1. The van der Waals surface area contributed by atoms with Gasteiger partial charge in [-0.05, 0) is 0 Å². The predicted octanol–water partition coefficient (Wildman–Crippen LogP) is -1.22. The number of rotatable bonds is 1. The van der Waals surface area contributed by atoms with E-state index in [-0.39, 0.29) is 18.0 Å². The average molecular weight is 238 g/mol. The van der Waals surface area contributed by atoms with Crippen molar-refractivity contribution in [3.05, 3.63) is 12.7 Å². The number of nitrogens with zero attached hydrogens (tertiary/aromatic N) is 4. The number of aliphatic hydroxyl groups excluding tert-OH is 2. The fraction of sp³-hybridized carbons (Fsp3) is 0.444. The summed E-state index contributed by atoms with van der Waals surface area (Å²) in [5, 5.41) is 28.6. The van der Waals surface area contributed by atoms with E-state index in [0.29, 0.717) is 5.65 Å². The Hall–Kier alpha value is -1.77. The molecule has 8 heteroatoms. The molecule has 3 N–H and O–H groups in total. The third kappa shape index (κ3) is 1.46. The lowest BCUT2D eigenvalue weighted by Crippen LogP contribution is -2.28. The Bertz CT molecular complexity index is 557. The van der Waals surface area contributed by atoms with Crippen LogP contribution >= 0.6 is 0 Å². The molecule has 0 aliphatic carbocycles. The molecule has 1 aliphatic heterocycles. The SMILES string of the molecule is Oc1ncnc2c1ncn2[C@@H]1OC[C@H](O)[C@H]1O. The molecule has 17 heavy (non-hydrogen) atoms. The van der Waals surface area contributed by atoms with E-state index in [4.69, 9.17) is 4.74 Å². The second-order valence-electron chi connectivity index (χ2n) is 3.80. The van der Waals surface area contributed by atoms with E-state index in [9.17, 15) is 15.3 Å². The maximum atomic E-state index is 9.73. The van der Waals surface area contributed by atoms with E-state index >= 15 is 0 Å². The lowest BCUT2D eigenvalue weighted by Gasteiger charge is -2.16. The van der Waals surface area contributed by atoms with Crippen molar-refractivity contribution in [2.75, 3.05) is 6.61 Å². The highest BCUT2D eigenvalue weighted by Gasteiger charge is 2.36. The molecule has 0 bridgehead atoms. The first-order valence-corrected chi connectivity index (χ1v) is 5.02. The van der Waals surface area contributed by atoms with Crippen molar-refractivity contribution in [3.63, 3.8) is 0 Å². The average Bonchev–Trinajstić information content (AvgIpc) is 2.86. The van der Waals surface area contributed by atoms with Crippen molar-refractivity contribution in [2.45, 2.75) is 18.4 Å². The van der Waals surface area contributed by atoms with Crippen LogP contribution in [0.1, 0.15) is 6.23 Å². The third-order valence-electron chi connectivity index (χ3n) is 2.74. The Balaban J connectivity index is 2.10. The van der Waals surface area contributed by atoms with Gasteiger partial charge >= 0.3 is 0 Å². The van der Waals surface area contributed by atoms with Crippen LogP contribution in [0.5, 0.6) is 5.88 Å². The highest BCUT2D eigenvalue weighted by atomic mass is 16.5. The van der Waals surface area contributed by atoms with E-state index in [1.165, 1.54) is 17.2 Å². The molecule has 0 spiro atoms. The maximum absolute atomic E-state index is 9.73. The molecule has 0 aromatic carbocycles. The Morgan fingerprint density at radius 2 is 2.12 bits per heavy atom. The van der Waals surface area contributed by atoms with Crippen LogP contribution in [0.15, 0.2) is 12.7 Å². The summed E-state index contributed by atoms with van der Waals surface area (Å²) in [6.45, 7) is 0.0442. The van der Waals surface area contributed by atoms with Crippen LogP contribution in [0.3, 0.4) is 0 Å². The first-order chi connectivity index (χ1) is 8.18. The summed E-state index contributed by atoms with van der Waals surface area (Å²) in [7, 11) is 0. The van der Waals surface area contributed by atoms with E-state index in [1.54, 1.807) is 0 Å². The number of aliphatic hydroxyl groups is 2. The number of aromatic hydroxyl groups is 1. The molecule has 0 radical (unpaired) electrons. The van der Waals surface area contributed by atoms with Gasteiger partial charge in [0.1, 0.15) is 18.5 Å². The largest absolute Gasteiger partial charge is 0.492 e.